The average molecular weight is 597 g/mol. The second-order valence-corrected chi connectivity index (χ2v) is 9.86. The largest absolute Gasteiger partial charge is 0.449 e. The summed E-state index contributed by atoms with van der Waals surface area (Å²) in [6, 6.07) is 28.7. The molecule has 0 unspecified atom stereocenters. The highest BCUT2D eigenvalue weighted by atomic mass is 79.9. The molecule has 0 aliphatic carbocycles. The number of Topliss-reactive ketones (excluding diaryl/α,β-unsaturated/α-hetero) is 1. The van der Waals surface area contributed by atoms with Gasteiger partial charge in [0.2, 0.25) is 5.78 Å². The van der Waals surface area contributed by atoms with Crippen LogP contribution < -0.4 is 5.32 Å². The summed E-state index contributed by atoms with van der Waals surface area (Å²) in [4.78, 5) is 38.7. The predicted molar refractivity (Wildman–Crippen MR) is 149 cm³/mol. The Kier molecular flexibility index (Phi) is 8.77. The van der Waals surface area contributed by atoms with Crippen molar-refractivity contribution in [2.45, 2.75) is 10.9 Å². The Morgan fingerprint density at radius 2 is 1.41 bits per heavy atom. The minimum Gasteiger partial charge on any atom is -0.449 e. The molecule has 37 heavy (non-hydrogen) atoms. The summed E-state index contributed by atoms with van der Waals surface area (Å²) in [6.07, 6.45) is -1.14. The number of hydrogen-bond donors (Lipinski definition) is 1. The molecule has 186 valence electrons. The number of carbonyl (C=O) groups is 3. The van der Waals surface area contributed by atoms with Crippen molar-refractivity contribution in [2.75, 3.05) is 5.32 Å². The van der Waals surface area contributed by atoms with Crippen LogP contribution in [0.2, 0.25) is 10.0 Å². The van der Waals surface area contributed by atoms with Crippen molar-refractivity contribution in [3.63, 3.8) is 0 Å². The van der Waals surface area contributed by atoms with Gasteiger partial charge in [0.25, 0.3) is 5.91 Å². The number of esters is 1. The van der Waals surface area contributed by atoms with E-state index in [9.17, 15) is 14.4 Å². The van der Waals surface area contributed by atoms with Crippen LogP contribution in [0.3, 0.4) is 0 Å². The Bertz CT molecular complexity index is 1430. The molecular weight excluding hydrogens is 577 g/mol. The highest BCUT2D eigenvalue weighted by Gasteiger charge is 2.32. The van der Waals surface area contributed by atoms with E-state index in [0.717, 1.165) is 5.56 Å². The quantitative estimate of drug-likeness (QED) is 0.128. The molecule has 1 N–H and O–H groups in total. The number of hydrogen-bond acceptors (Lipinski definition) is 4. The Balaban J connectivity index is 1.56. The van der Waals surface area contributed by atoms with Crippen LogP contribution in [-0.2, 0) is 4.74 Å². The summed E-state index contributed by atoms with van der Waals surface area (Å²) in [5.74, 6) is -1.52. The fraction of sp³-hybridized carbons (Fsp3) is 0.0690. The van der Waals surface area contributed by atoms with Crippen molar-refractivity contribution >= 4 is 62.5 Å². The van der Waals surface area contributed by atoms with E-state index >= 15 is 0 Å². The molecule has 0 saturated heterocycles. The number of benzene rings is 4. The molecule has 0 fully saturated rings. The van der Waals surface area contributed by atoms with Crippen LogP contribution in [0.1, 0.15) is 41.5 Å². The Hall–Kier alpha value is -3.45. The molecule has 0 heterocycles. The number of ether oxygens (including phenoxy) is 1. The van der Waals surface area contributed by atoms with Crippen LogP contribution in [0.15, 0.2) is 103 Å². The number of anilines is 1. The number of alkyl halides is 1. The summed E-state index contributed by atoms with van der Waals surface area (Å²) >= 11 is 15.6. The van der Waals surface area contributed by atoms with Gasteiger partial charge in [-0.25, -0.2) is 4.79 Å². The topological polar surface area (TPSA) is 72.5 Å². The third-order valence-electron chi connectivity index (χ3n) is 5.47. The highest BCUT2D eigenvalue weighted by molar-refractivity contribution is 9.09. The third-order valence-corrected chi connectivity index (χ3v) is 7.02. The summed E-state index contributed by atoms with van der Waals surface area (Å²) in [6.45, 7) is 0. The first kappa shape index (κ1) is 26.6. The van der Waals surface area contributed by atoms with Gasteiger partial charge in [-0.3, -0.25) is 9.59 Å². The van der Waals surface area contributed by atoms with Gasteiger partial charge in [-0.2, -0.15) is 0 Å². The van der Waals surface area contributed by atoms with Gasteiger partial charge in [-0.1, -0.05) is 106 Å². The first-order chi connectivity index (χ1) is 17.8. The molecule has 0 aromatic heterocycles. The number of ketones is 1. The molecule has 8 heteroatoms. The van der Waals surface area contributed by atoms with Crippen molar-refractivity contribution in [1.29, 1.82) is 0 Å². The Morgan fingerprint density at radius 3 is 2.08 bits per heavy atom. The van der Waals surface area contributed by atoms with Crippen molar-refractivity contribution in [1.82, 2.24) is 0 Å². The Labute approximate surface area is 232 Å². The Morgan fingerprint density at radius 1 is 0.757 bits per heavy atom. The highest BCUT2D eigenvalue weighted by Crippen LogP contribution is 2.31. The summed E-state index contributed by atoms with van der Waals surface area (Å²) in [7, 11) is 0. The molecule has 0 aliphatic rings. The zero-order chi connectivity index (χ0) is 26.4. The van der Waals surface area contributed by atoms with E-state index in [-0.39, 0.29) is 21.9 Å². The lowest BCUT2D eigenvalue weighted by atomic mass is 9.99. The molecule has 0 radical (unpaired) electrons. The second kappa shape index (κ2) is 12.2. The number of amides is 1. The van der Waals surface area contributed by atoms with Gasteiger partial charge in [0, 0.05) is 16.3 Å². The third kappa shape index (κ3) is 6.66. The SMILES string of the molecule is O=C(O[C@@H](C(=O)c1ccccc1)[C@@H](Br)c1ccccc1)c1cccc(NC(=O)c2ccc(Cl)cc2Cl)c1. The van der Waals surface area contributed by atoms with E-state index in [1.807, 2.05) is 30.3 Å². The molecule has 0 aliphatic heterocycles. The summed E-state index contributed by atoms with van der Waals surface area (Å²) < 4.78 is 5.76. The maximum atomic E-state index is 13.4. The second-order valence-electron chi connectivity index (χ2n) is 8.03. The number of nitrogens with one attached hydrogen (secondary N) is 1. The lowest BCUT2D eigenvalue weighted by Gasteiger charge is -2.22. The zero-order valence-corrected chi connectivity index (χ0v) is 22.3. The van der Waals surface area contributed by atoms with Crippen molar-refractivity contribution < 1.29 is 19.1 Å². The predicted octanol–water partition coefficient (Wildman–Crippen LogP) is 7.79. The van der Waals surface area contributed by atoms with Crippen LogP contribution in [0, 0.1) is 0 Å². The molecule has 4 aromatic rings. The monoisotopic (exact) mass is 595 g/mol. The van der Waals surface area contributed by atoms with Crippen LogP contribution in [-0.4, -0.2) is 23.8 Å². The van der Waals surface area contributed by atoms with Crippen molar-refractivity contribution in [3.05, 3.63) is 135 Å². The molecule has 4 rings (SSSR count). The molecular formula is C29H20BrCl2NO4. The first-order valence-corrected chi connectivity index (χ1v) is 12.9. The minimum absolute atomic E-state index is 0.165. The van der Waals surface area contributed by atoms with Gasteiger partial charge < -0.3 is 10.1 Å². The van der Waals surface area contributed by atoms with Gasteiger partial charge in [0.05, 0.1) is 21.0 Å². The molecule has 2 atom stereocenters. The summed E-state index contributed by atoms with van der Waals surface area (Å²) in [5.41, 5.74) is 1.96. The minimum atomic E-state index is -1.14. The van der Waals surface area contributed by atoms with Gasteiger partial charge in [-0.15, -0.1) is 0 Å². The van der Waals surface area contributed by atoms with Crippen LogP contribution >= 0.6 is 39.1 Å². The van der Waals surface area contributed by atoms with E-state index in [1.54, 1.807) is 54.6 Å². The van der Waals surface area contributed by atoms with Gasteiger partial charge >= 0.3 is 5.97 Å². The molecule has 0 bridgehead atoms. The standard InChI is InChI=1S/C29H20BrCl2NO4/c30-25(18-8-3-1-4-9-18)27(26(34)19-10-5-2-6-11-19)37-29(36)20-12-7-13-22(16-20)33-28(35)23-15-14-21(31)17-24(23)32/h1-17,25,27H,(H,33,35)/t25-,27+/m0/s1. The van der Waals surface area contributed by atoms with E-state index in [0.29, 0.717) is 16.3 Å². The van der Waals surface area contributed by atoms with E-state index in [1.165, 1.54) is 18.2 Å². The van der Waals surface area contributed by atoms with E-state index < -0.39 is 22.8 Å². The van der Waals surface area contributed by atoms with Gasteiger partial charge in [-0.05, 0) is 42.0 Å². The molecule has 5 nitrogen and oxygen atoms in total. The summed E-state index contributed by atoms with van der Waals surface area (Å²) in [5, 5.41) is 3.32. The number of carbonyl (C=O) groups excluding carboxylic acids is 3. The fourth-order valence-electron chi connectivity index (χ4n) is 3.60. The lowest BCUT2D eigenvalue weighted by molar-refractivity contribution is 0.0282. The van der Waals surface area contributed by atoms with Crippen LogP contribution in [0.4, 0.5) is 5.69 Å². The smallest absolute Gasteiger partial charge is 0.338 e. The number of halogens is 3. The molecule has 4 aromatic carbocycles. The molecule has 1 amide bonds. The van der Waals surface area contributed by atoms with E-state index in [2.05, 4.69) is 21.2 Å². The van der Waals surface area contributed by atoms with Gasteiger partial charge in [0.1, 0.15) is 0 Å². The lowest BCUT2D eigenvalue weighted by Crippen LogP contribution is -2.31. The maximum absolute atomic E-state index is 13.4. The fourth-order valence-corrected chi connectivity index (χ4v) is 4.75. The average Bonchev–Trinajstić information content (AvgIpc) is 2.92. The molecule has 0 saturated carbocycles. The van der Waals surface area contributed by atoms with E-state index in [4.69, 9.17) is 27.9 Å². The van der Waals surface area contributed by atoms with Gasteiger partial charge in [0.15, 0.2) is 6.10 Å². The first-order valence-electron chi connectivity index (χ1n) is 11.2. The normalized spacial score (nSPS) is 12.3. The zero-order valence-electron chi connectivity index (χ0n) is 19.2. The van der Waals surface area contributed by atoms with Crippen LogP contribution in [0.5, 0.6) is 0 Å². The van der Waals surface area contributed by atoms with Crippen LogP contribution in [0.25, 0.3) is 0 Å². The molecule has 0 spiro atoms. The van der Waals surface area contributed by atoms with Crippen molar-refractivity contribution in [3.8, 4) is 0 Å². The maximum Gasteiger partial charge on any atom is 0.338 e. The number of rotatable bonds is 8. The van der Waals surface area contributed by atoms with Crippen molar-refractivity contribution in [2.24, 2.45) is 0 Å².